The predicted molar refractivity (Wildman–Crippen MR) is 55.1 cm³/mol. The first-order valence-electron chi connectivity index (χ1n) is 5.34. The van der Waals surface area contributed by atoms with Gasteiger partial charge in [-0.05, 0) is 24.5 Å². The van der Waals surface area contributed by atoms with Crippen LogP contribution in [0.4, 0.5) is 8.78 Å². The van der Waals surface area contributed by atoms with Crippen molar-refractivity contribution >= 4 is 0 Å². The van der Waals surface area contributed by atoms with Gasteiger partial charge in [-0.15, -0.1) is 0 Å². The largest absolute Gasteiger partial charge is 0.387 e. The maximum atomic E-state index is 13.4. The summed E-state index contributed by atoms with van der Waals surface area (Å²) in [6.45, 7) is 0.802. The van der Waals surface area contributed by atoms with Crippen molar-refractivity contribution in [1.82, 2.24) is 0 Å². The molecule has 1 fully saturated rings. The van der Waals surface area contributed by atoms with E-state index >= 15 is 0 Å². The van der Waals surface area contributed by atoms with Gasteiger partial charge in [0, 0.05) is 13.0 Å². The van der Waals surface area contributed by atoms with Gasteiger partial charge in [-0.1, -0.05) is 12.1 Å². The van der Waals surface area contributed by atoms with Crippen molar-refractivity contribution in [2.75, 3.05) is 13.2 Å². The molecular weight excluding hydrogens is 214 g/mol. The topological polar surface area (TPSA) is 29.5 Å². The number of hydrogen-bond acceptors (Lipinski definition) is 2. The monoisotopic (exact) mass is 228 g/mol. The normalized spacial score (nSPS) is 25.7. The third kappa shape index (κ3) is 2.39. The highest BCUT2D eigenvalue weighted by Crippen LogP contribution is 2.25. The molecule has 1 atom stereocenters. The molecule has 0 saturated carbocycles. The van der Waals surface area contributed by atoms with Crippen LogP contribution in [0.2, 0.25) is 0 Å². The van der Waals surface area contributed by atoms with E-state index in [1.165, 1.54) is 12.1 Å². The van der Waals surface area contributed by atoms with Crippen LogP contribution in [0.15, 0.2) is 18.2 Å². The highest BCUT2D eigenvalue weighted by atomic mass is 19.2. The minimum absolute atomic E-state index is 0.0938. The van der Waals surface area contributed by atoms with Crippen molar-refractivity contribution in [1.29, 1.82) is 0 Å². The van der Waals surface area contributed by atoms with Crippen LogP contribution in [0.1, 0.15) is 18.4 Å². The van der Waals surface area contributed by atoms with E-state index in [0.29, 0.717) is 13.0 Å². The molecule has 1 N–H and O–H groups in total. The number of hydrogen-bond donors (Lipinski definition) is 1. The summed E-state index contributed by atoms with van der Waals surface area (Å²) in [5.74, 6) is -1.75. The summed E-state index contributed by atoms with van der Waals surface area (Å²) >= 11 is 0. The minimum Gasteiger partial charge on any atom is -0.387 e. The molecule has 0 radical (unpaired) electrons. The standard InChI is InChI=1S/C12H14F2O2/c13-10-4-1-3-9(11(10)14)7-12(15)5-2-6-16-8-12/h1,3-4,15H,2,5-8H2. The van der Waals surface area contributed by atoms with Gasteiger partial charge in [-0.3, -0.25) is 0 Å². The second kappa shape index (κ2) is 4.47. The lowest BCUT2D eigenvalue weighted by Crippen LogP contribution is -2.40. The van der Waals surface area contributed by atoms with Crippen LogP contribution >= 0.6 is 0 Å². The maximum Gasteiger partial charge on any atom is 0.162 e. The Hall–Kier alpha value is -1.00. The van der Waals surface area contributed by atoms with Crippen molar-refractivity contribution in [2.24, 2.45) is 0 Å². The first-order chi connectivity index (χ1) is 7.61. The molecule has 2 rings (SSSR count). The van der Waals surface area contributed by atoms with Crippen molar-refractivity contribution in [3.63, 3.8) is 0 Å². The molecule has 16 heavy (non-hydrogen) atoms. The van der Waals surface area contributed by atoms with E-state index in [9.17, 15) is 13.9 Å². The molecule has 2 nitrogen and oxygen atoms in total. The van der Waals surface area contributed by atoms with Crippen molar-refractivity contribution in [2.45, 2.75) is 24.9 Å². The van der Waals surface area contributed by atoms with Crippen LogP contribution in [0.25, 0.3) is 0 Å². The van der Waals surface area contributed by atoms with E-state index in [-0.39, 0.29) is 18.6 Å². The summed E-state index contributed by atoms with van der Waals surface area (Å²) in [6, 6.07) is 4.01. The summed E-state index contributed by atoms with van der Waals surface area (Å²) in [6.07, 6.45) is 1.40. The van der Waals surface area contributed by atoms with Crippen LogP contribution in [-0.4, -0.2) is 23.9 Å². The Kier molecular flexibility index (Phi) is 3.21. The maximum absolute atomic E-state index is 13.4. The van der Waals surface area contributed by atoms with Gasteiger partial charge in [0.2, 0.25) is 0 Å². The Balaban J connectivity index is 2.16. The minimum atomic E-state index is -1.06. The molecule has 1 aromatic rings. The molecule has 1 unspecified atom stereocenters. The zero-order valence-corrected chi connectivity index (χ0v) is 8.88. The van der Waals surface area contributed by atoms with Gasteiger partial charge in [0.05, 0.1) is 12.2 Å². The second-order valence-corrected chi connectivity index (χ2v) is 4.27. The molecule has 1 aliphatic heterocycles. The fraction of sp³-hybridized carbons (Fsp3) is 0.500. The SMILES string of the molecule is OC1(Cc2cccc(F)c2F)CCCOC1. The first kappa shape index (κ1) is 11.5. The van der Waals surface area contributed by atoms with Crippen LogP contribution in [0.3, 0.4) is 0 Å². The van der Waals surface area contributed by atoms with Crippen molar-refractivity contribution in [3.8, 4) is 0 Å². The van der Waals surface area contributed by atoms with Crippen LogP contribution in [0, 0.1) is 11.6 Å². The molecule has 0 bridgehead atoms. The molecule has 0 aliphatic carbocycles. The van der Waals surface area contributed by atoms with Crippen LogP contribution in [-0.2, 0) is 11.2 Å². The summed E-state index contributed by atoms with van der Waals surface area (Å²) < 4.78 is 31.5. The average molecular weight is 228 g/mol. The molecule has 4 heteroatoms. The quantitative estimate of drug-likeness (QED) is 0.839. The number of benzene rings is 1. The molecule has 88 valence electrons. The van der Waals surface area contributed by atoms with Crippen LogP contribution in [0.5, 0.6) is 0 Å². The lowest BCUT2D eigenvalue weighted by atomic mass is 9.89. The Morgan fingerprint density at radius 2 is 2.19 bits per heavy atom. The molecule has 1 saturated heterocycles. The van der Waals surface area contributed by atoms with Crippen molar-refractivity contribution < 1.29 is 18.6 Å². The predicted octanol–water partition coefficient (Wildman–Crippen LogP) is 2.05. The number of rotatable bonds is 2. The van der Waals surface area contributed by atoms with Gasteiger partial charge in [0.25, 0.3) is 0 Å². The van der Waals surface area contributed by atoms with Gasteiger partial charge in [-0.2, -0.15) is 0 Å². The second-order valence-electron chi connectivity index (χ2n) is 4.27. The third-order valence-electron chi connectivity index (χ3n) is 2.85. The summed E-state index contributed by atoms with van der Waals surface area (Å²) in [5, 5.41) is 10.1. The first-order valence-corrected chi connectivity index (χ1v) is 5.34. The lowest BCUT2D eigenvalue weighted by molar-refractivity contribution is -0.0849. The molecule has 0 spiro atoms. The Morgan fingerprint density at radius 1 is 1.38 bits per heavy atom. The van der Waals surface area contributed by atoms with E-state index < -0.39 is 17.2 Å². The fourth-order valence-corrected chi connectivity index (χ4v) is 2.02. The molecule has 1 aromatic carbocycles. The van der Waals surface area contributed by atoms with Gasteiger partial charge < -0.3 is 9.84 Å². The summed E-state index contributed by atoms with van der Waals surface area (Å²) in [4.78, 5) is 0. The smallest absolute Gasteiger partial charge is 0.162 e. The third-order valence-corrected chi connectivity index (χ3v) is 2.85. The molecule has 0 aromatic heterocycles. The highest BCUT2D eigenvalue weighted by molar-refractivity contribution is 5.21. The van der Waals surface area contributed by atoms with E-state index in [1.54, 1.807) is 0 Å². The van der Waals surface area contributed by atoms with Gasteiger partial charge in [-0.25, -0.2) is 8.78 Å². The average Bonchev–Trinajstić information content (AvgIpc) is 2.26. The number of aliphatic hydroxyl groups is 1. The zero-order valence-electron chi connectivity index (χ0n) is 8.88. The van der Waals surface area contributed by atoms with Gasteiger partial charge in [0.1, 0.15) is 0 Å². The van der Waals surface area contributed by atoms with Crippen molar-refractivity contribution in [3.05, 3.63) is 35.4 Å². The van der Waals surface area contributed by atoms with E-state index in [0.717, 1.165) is 12.5 Å². The highest BCUT2D eigenvalue weighted by Gasteiger charge is 2.31. The zero-order chi connectivity index (χ0) is 11.6. The Bertz CT molecular complexity index is 373. The summed E-state index contributed by atoms with van der Waals surface area (Å²) in [7, 11) is 0. The fourth-order valence-electron chi connectivity index (χ4n) is 2.02. The van der Waals surface area contributed by atoms with E-state index in [1.807, 2.05) is 0 Å². The van der Waals surface area contributed by atoms with Crippen LogP contribution < -0.4 is 0 Å². The Morgan fingerprint density at radius 3 is 2.88 bits per heavy atom. The number of ether oxygens (including phenoxy) is 1. The molecule has 1 heterocycles. The summed E-state index contributed by atoms with van der Waals surface area (Å²) in [5.41, 5.74) is -0.861. The van der Waals surface area contributed by atoms with Gasteiger partial charge in [0.15, 0.2) is 11.6 Å². The van der Waals surface area contributed by atoms with Gasteiger partial charge >= 0.3 is 0 Å². The molecule has 0 amide bonds. The van der Waals surface area contributed by atoms with E-state index in [4.69, 9.17) is 4.74 Å². The Labute approximate surface area is 92.9 Å². The number of halogens is 2. The van der Waals surface area contributed by atoms with E-state index in [2.05, 4.69) is 0 Å². The lowest BCUT2D eigenvalue weighted by Gasteiger charge is -2.32. The molecule has 1 aliphatic rings. The molecular formula is C12H14F2O2.